The van der Waals surface area contributed by atoms with Crippen molar-refractivity contribution in [1.82, 2.24) is 10.2 Å². The molecule has 1 aromatic heterocycles. The number of ether oxygens (including phenoxy) is 1. The van der Waals surface area contributed by atoms with Crippen molar-refractivity contribution < 1.29 is 22.7 Å². The van der Waals surface area contributed by atoms with Gasteiger partial charge >= 0.3 is 6.18 Å². The second kappa shape index (κ2) is 9.22. The maximum absolute atomic E-state index is 12.7. The van der Waals surface area contributed by atoms with Crippen molar-refractivity contribution >= 4 is 22.7 Å². The molecule has 2 aromatic rings. The Bertz CT molecular complexity index is 772. The van der Waals surface area contributed by atoms with Gasteiger partial charge in [0.1, 0.15) is 12.9 Å². The number of oxime groups is 1. The van der Waals surface area contributed by atoms with Crippen molar-refractivity contribution in [3.8, 4) is 5.75 Å². The van der Waals surface area contributed by atoms with Gasteiger partial charge in [-0.15, -0.1) is 10.2 Å². The highest BCUT2D eigenvalue weighted by Crippen LogP contribution is 2.35. The summed E-state index contributed by atoms with van der Waals surface area (Å²) in [6.07, 6.45) is -0.106. The second-order valence-electron chi connectivity index (χ2n) is 6.44. The van der Waals surface area contributed by atoms with Gasteiger partial charge in [-0.3, -0.25) is 0 Å². The number of hydrogen-bond acceptors (Lipinski definition) is 7. The summed E-state index contributed by atoms with van der Waals surface area (Å²) >= 11 is 0.606. The van der Waals surface area contributed by atoms with Gasteiger partial charge in [0, 0.05) is 13.1 Å². The fourth-order valence-electron chi connectivity index (χ4n) is 2.98. The number of alkyl halides is 3. The minimum Gasteiger partial charge on any atom is -0.494 e. The Labute approximate surface area is 165 Å². The van der Waals surface area contributed by atoms with E-state index < -0.39 is 11.2 Å². The molecule has 0 unspecified atom stereocenters. The first-order valence-electron chi connectivity index (χ1n) is 8.91. The monoisotopic (exact) mass is 414 g/mol. The zero-order valence-corrected chi connectivity index (χ0v) is 16.2. The van der Waals surface area contributed by atoms with E-state index in [0.717, 1.165) is 30.6 Å². The Kier molecular flexibility index (Phi) is 6.71. The molecule has 28 heavy (non-hydrogen) atoms. The molecule has 152 valence electrons. The van der Waals surface area contributed by atoms with Crippen LogP contribution in [0.2, 0.25) is 0 Å². The molecule has 1 aliphatic heterocycles. The van der Waals surface area contributed by atoms with Crippen LogP contribution in [0.4, 0.5) is 18.3 Å². The molecule has 6 nitrogen and oxygen atoms in total. The number of aromatic nitrogens is 2. The van der Waals surface area contributed by atoms with Crippen LogP contribution in [0.5, 0.6) is 5.75 Å². The van der Waals surface area contributed by atoms with E-state index in [9.17, 15) is 13.2 Å². The predicted molar refractivity (Wildman–Crippen MR) is 101 cm³/mol. The Hall–Kier alpha value is -2.36. The van der Waals surface area contributed by atoms with Crippen LogP contribution in [0, 0.1) is 5.92 Å². The number of anilines is 1. The van der Waals surface area contributed by atoms with Gasteiger partial charge in [-0.2, -0.15) is 13.2 Å². The Morgan fingerprint density at radius 3 is 2.54 bits per heavy atom. The van der Waals surface area contributed by atoms with Crippen LogP contribution < -0.4 is 9.64 Å². The van der Waals surface area contributed by atoms with Gasteiger partial charge in [0.15, 0.2) is 0 Å². The Morgan fingerprint density at radius 1 is 1.21 bits per heavy atom. The van der Waals surface area contributed by atoms with E-state index in [0.29, 0.717) is 42.1 Å². The normalized spacial score (nSPS) is 15.9. The molecule has 1 fully saturated rings. The number of piperidine rings is 1. The van der Waals surface area contributed by atoms with Crippen molar-refractivity contribution in [2.75, 3.05) is 31.7 Å². The van der Waals surface area contributed by atoms with Crippen LogP contribution >= 0.6 is 11.3 Å². The molecule has 0 aliphatic carbocycles. The quantitative estimate of drug-likeness (QED) is 0.501. The number of hydrogen-bond donors (Lipinski definition) is 0. The number of rotatable bonds is 7. The van der Waals surface area contributed by atoms with Crippen molar-refractivity contribution in [2.24, 2.45) is 11.1 Å². The van der Waals surface area contributed by atoms with Crippen LogP contribution in [-0.2, 0) is 11.0 Å². The molecule has 0 spiro atoms. The fraction of sp³-hybridized carbons (Fsp3) is 0.500. The first kappa shape index (κ1) is 20.4. The van der Waals surface area contributed by atoms with Gasteiger partial charge in [-0.25, -0.2) is 0 Å². The number of nitrogens with zero attached hydrogens (tertiary/aromatic N) is 4. The molecule has 1 aliphatic rings. The molecule has 0 amide bonds. The largest absolute Gasteiger partial charge is 0.494 e. The minimum absolute atomic E-state index is 0.346. The van der Waals surface area contributed by atoms with Crippen molar-refractivity contribution in [3.63, 3.8) is 0 Å². The summed E-state index contributed by atoms with van der Waals surface area (Å²) in [6, 6.07) is 7.56. The molecular formula is C18H21F3N4O2S. The van der Waals surface area contributed by atoms with E-state index in [-0.39, 0.29) is 0 Å². The molecular weight excluding hydrogens is 393 g/mol. The van der Waals surface area contributed by atoms with Gasteiger partial charge in [0.05, 0.1) is 12.8 Å². The lowest BCUT2D eigenvalue weighted by Crippen LogP contribution is -2.34. The van der Waals surface area contributed by atoms with Gasteiger partial charge in [0.2, 0.25) is 10.1 Å². The molecule has 0 atom stereocenters. The van der Waals surface area contributed by atoms with E-state index in [1.54, 1.807) is 6.21 Å². The smallest absolute Gasteiger partial charge is 0.445 e. The average molecular weight is 414 g/mol. The standard InChI is InChI=1S/C18H21F3N4O2S/c1-26-22-12-14-2-4-15(5-3-14)27-11-8-13-6-9-25(10-7-13)17-24-23-16(28-17)18(19,20)21/h2-5,12-13H,6-11H2,1H3. The third kappa shape index (κ3) is 5.57. The zero-order valence-electron chi connectivity index (χ0n) is 15.4. The van der Waals surface area contributed by atoms with Crippen LogP contribution in [-0.4, -0.2) is 43.2 Å². The Morgan fingerprint density at radius 2 is 1.93 bits per heavy atom. The fourth-order valence-corrected chi connectivity index (χ4v) is 3.74. The van der Waals surface area contributed by atoms with Crippen LogP contribution in [0.25, 0.3) is 0 Å². The molecule has 0 radical (unpaired) electrons. The van der Waals surface area contributed by atoms with Crippen molar-refractivity contribution in [1.29, 1.82) is 0 Å². The van der Waals surface area contributed by atoms with Crippen LogP contribution in [0.3, 0.4) is 0 Å². The molecule has 10 heteroatoms. The molecule has 3 rings (SSSR count). The Balaban J connectivity index is 1.40. The molecule has 2 heterocycles. The predicted octanol–water partition coefficient (Wildman–Crippen LogP) is 4.22. The summed E-state index contributed by atoms with van der Waals surface area (Å²) in [7, 11) is 1.49. The van der Waals surface area contributed by atoms with E-state index in [4.69, 9.17) is 4.74 Å². The zero-order chi connectivity index (χ0) is 20.0. The number of halogens is 3. The molecule has 1 saturated heterocycles. The highest BCUT2D eigenvalue weighted by Gasteiger charge is 2.36. The number of benzene rings is 1. The highest BCUT2D eigenvalue weighted by atomic mass is 32.1. The van der Waals surface area contributed by atoms with E-state index in [1.165, 1.54) is 7.11 Å². The topological polar surface area (TPSA) is 59.8 Å². The second-order valence-corrected chi connectivity index (χ2v) is 7.40. The molecule has 0 saturated carbocycles. The summed E-state index contributed by atoms with van der Waals surface area (Å²) in [4.78, 5) is 6.52. The summed E-state index contributed by atoms with van der Waals surface area (Å²) in [5.74, 6) is 1.28. The van der Waals surface area contributed by atoms with Gasteiger partial charge in [0.25, 0.3) is 0 Å². The summed E-state index contributed by atoms with van der Waals surface area (Å²) in [5, 5.41) is 10.1. The maximum Gasteiger partial charge on any atom is 0.445 e. The molecule has 1 aromatic carbocycles. The SMILES string of the molecule is CON=Cc1ccc(OCCC2CCN(c3nnc(C(F)(F)F)s3)CC2)cc1. The summed E-state index contributed by atoms with van der Waals surface area (Å²) < 4.78 is 43.7. The maximum atomic E-state index is 12.7. The first-order chi connectivity index (χ1) is 13.5. The summed E-state index contributed by atoms with van der Waals surface area (Å²) in [6.45, 7) is 1.97. The van der Waals surface area contributed by atoms with E-state index in [1.807, 2.05) is 29.2 Å². The van der Waals surface area contributed by atoms with Crippen molar-refractivity contribution in [3.05, 3.63) is 34.8 Å². The average Bonchev–Trinajstić information content (AvgIpc) is 3.19. The minimum atomic E-state index is -4.43. The van der Waals surface area contributed by atoms with E-state index >= 15 is 0 Å². The van der Waals surface area contributed by atoms with Crippen LogP contribution in [0.1, 0.15) is 29.8 Å². The van der Waals surface area contributed by atoms with Gasteiger partial charge in [-0.1, -0.05) is 16.5 Å². The highest BCUT2D eigenvalue weighted by molar-refractivity contribution is 7.15. The third-order valence-electron chi connectivity index (χ3n) is 4.52. The molecule has 0 N–H and O–H groups in total. The van der Waals surface area contributed by atoms with Crippen LogP contribution in [0.15, 0.2) is 29.4 Å². The lowest BCUT2D eigenvalue weighted by molar-refractivity contribution is -0.138. The van der Waals surface area contributed by atoms with Gasteiger partial charge in [-0.05, 0) is 55.0 Å². The van der Waals surface area contributed by atoms with E-state index in [2.05, 4.69) is 20.2 Å². The lowest BCUT2D eigenvalue weighted by Gasteiger charge is -2.31. The van der Waals surface area contributed by atoms with Gasteiger partial charge < -0.3 is 14.5 Å². The summed E-state index contributed by atoms with van der Waals surface area (Å²) in [5.41, 5.74) is 0.923. The first-order valence-corrected chi connectivity index (χ1v) is 9.72. The lowest BCUT2D eigenvalue weighted by atomic mass is 9.94. The third-order valence-corrected chi connectivity index (χ3v) is 5.55. The van der Waals surface area contributed by atoms with Crippen molar-refractivity contribution in [2.45, 2.75) is 25.4 Å². The molecule has 0 bridgehead atoms.